The SMILES string of the molecule is CC1(C)CC2(O)c3c(ccc(Oc4cc(F)cc(C#N)c4)c31)S(=O)(=O)C2(F)F. The molecule has 0 radical (unpaired) electrons. The van der Waals surface area contributed by atoms with Gasteiger partial charge in [0.2, 0.25) is 9.84 Å². The molecule has 1 unspecified atom stereocenters. The van der Waals surface area contributed by atoms with E-state index in [2.05, 4.69) is 0 Å². The van der Waals surface area contributed by atoms with Gasteiger partial charge in [-0.3, -0.25) is 0 Å². The predicted octanol–water partition coefficient (Wildman–Crippen LogP) is 3.74. The van der Waals surface area contributed by atoms with E-state index in [1.807, 2.05) is 0 Å². The first kappa shape index (κ1) is 18.8. The van der Waals surface area contributed by atoms with Crippen molar-refractivity contribution in [2.24, 2.45) is 0 Å². The lowest BCUT2D eigenvalue weighted by Crippen LogP contribution is -2.45. The lowest BCUT2D eigenvalue weighted by molar-refractivity contribution is -0.131. The standard InChI is InChI=1S/C19H14F3NO4S/c1-17(2)9-18(24)16-14(28(25,26)19(18,21)22)4-3-13(15(16)17)27-12-6-10(8-23)5-11(20)7-12/h3-7,24H,9H2,1-2H3. The number of rotatable bonds is 2. The van der Waals surface area contributed by atoms with Crippen molar-refractivity contribution < 1.29 is 31.4 Å². The van der Waals surface area contributed by atoms with Crippen molar-refractivity contribution >= 4 is 9.84 Å². The van der Waals surface area contributed by atoms with E-state index in [-0.39, 0.29) is 28.2 Å². The van der Waals surface area contributed by atoms with Gasteiger partial charge >= 0.3 is 5.25 Å². The van der Waals surface area contributed by atoms with Gasteiger partial charge in [0, 0.05) is 17.2 Å². The summed E-state index contributed by atoms with van der Waals surface area (Å²) in [6, 6.07) is 7.23. The van der Waals surface area contributed by atoms with Crippen molar-refractivity contribution in [3.8, 4) is 17.6 Å². The highest BCUT2D eigenvalue weighted by molar-refractivity contribution is 7.93. The molecule has 0 saturated heterocycles. The van der Waals surface area contributed by atoms with Gasteiger partial charge in [0.05, 0.1) is 16.5 Å². The molecule has 0 aromatic heterocycles. The highest BCUT2D eigenvalue weighted by Gasteiger charge is 2.74. The summed E-state index contributed by atoms with van der Waals surface area (Å²) in [5.74, 6) is -0.759. The molecule has 0 saturated carbocycles. The highest BCUT2D eigenvalue weighted by atomic mass is 32.2. The molecule has 1 atom stereocenters. The van der Waals surface area contributed by atoms with Crippen molar-refractivity contribution in [1.29, 1.82) is 5.26 Å². The Hall–Kier alpha value is -2.57. The van der Waals surface area contributed by atoms with Crippen molar-refractivity contribution in [2.45, 2.75) is 41.4 Å². The maximum absolute atomic E-state index is 14.7. The van der Waals surface area contributed by atoms with Crippen LogP contribution in [0.15, 0.2) is 35.2 Å². The molecule has 9 heteroatoms. The van der Waals surface area contributed by atoms with E-state index in [1.165, 1.54) is 12.1 Å². The average molecular weight is 409 g/mol. The summed E-state index contributed by atoms with van der Waals surface area (Å²) in [6.07, 6.45) is -0.526. The van der Waals surface area contributed by atoms with E-state index in [9.17, 15) is 26.7 Å². The van der Waals surface area contributed by atoms with Gasteiger partial charge in [-0.1, -0.05) is 13.8 Å². The fourth-order valence-electron chi connectivity index (χ4n) is 4.19. The smallest absolute Gasteiger partial charge is 0.381 e. The van der Waals surface area contributed by atoms with Crippen LogP contribution >= 0.6 is 0 Å². The Morgan fingerprint density at radius 3 is 2.50 bits per heavy atom. The first-order chi connectivity index (χ1) is 12.8. The van der Waals surface area contributed by atoms with E-state index in [1.54, 1.807) is 19.9 Å². The number of benzene rings is 2. The number of sulfone groups is 1. The Morgan fingerprint density at radius 1 is 1.18 bits per heavy atom. The molecule has 28 heavy (non-hydrogen) atoms. The van der Waals surface area contributed by atoms with Crippen molar-refractivity contribution in [3.05, 3.63) is 52.8 Å². The first-order valence-corrected chi connectivity index (χ1v) is 9.75. The molecule has 0 amide bonds. The Kier molecular flexibility index (Phi) is 3.54. The minimum Gasteiger partial charge on any atom is -0.457 e. The third-order valence-corrected chi connectivity index (χ3v) is 7.19. The molecule has 146 valence electrons. The summed E-state index contributed by atoms with van der Waals surface area (Å²) in [7, 11) is -5.06. The third kappa shape index (κ3) is 2.13. The predicted molar refractivity (Wildman–Crippen MR) is 91.3 cm³/mol. The van der Waals surface area contributed by atoms with Crippen LogP contribution in [0.3, 0.4) is 0 Å². The van der Waals surface area contributed by atoms with Gasteiger partial charge in [-0.05, 0) is 36.1 Å². The van der Waals surface area contributed by atoms with E-state index >= 15 is 0 Å². The Balaban J connectivity index is 1.96. The Morgan fingerprint density at radius 2 is 1.86 bits per heavy atom. The molecule has 1 aliphatic carbocycles. The second-order valence-electron chi connectivity index (χ2n) is 7.64. The highest BCUT2D eigenvalue weighted by Crippen LogP contribution is 2.65. The van der Waals surface area contributed by atoms with Gasteiger partial charge in [0.15, 0.2) is 5.60 Å². The van der Waals surface area contributed by atoms with E-state index in [0.717, 1.165) is 18.2 Å². The largest absolute Gasteiger partial charge is 0.457 e. The van der Waals surface area contributed by atoms with Gasteiger partial charge in [-0.15, -0.1) is 0 Å². The van der Waals surface area contributed by atoms with Gasteiger partial charge in [0.25, 0.3) is 0 Å². The lowest BCUT2D eigenvalue weighted by atomic mass is 9.85. The second-order valence-corrected chi connectivity index (χ2v) is 9.60. The second kappa shape index (κ2) is 5.27. The number of aliphatic hydroxyl groups is 1. The minimum absolute atomic E-state index is 0.00235. The van der Waals surface area contributed by atoms with Crippen LogP contribution in [0.1, 0.15) is 37.0 Å². The lowest BCUT2D eigenvalue weighted by Gasteiger charge is -2.29. The maximum Gasteiger partial charge on any atom is 0.381 e. The fourth-order valence-corrected chi connectivity index (χ4v) is 5.88. The quantitative estimate of drug-likeness (QED) is 0.817. The van der Waals surface area contributed by atoms with E-state index < -0.39 is 43.2 Å². The molecule has 1 aliphatic heterocycles. The van der Waals surface area contributed by atoms with Gasteiger partial charge in [-0.2, -0.15) is 14.0 Å². The van der Waals surface area contributed by atoms with Crippen LogP contribution in [0, 0.1) is 17.1 Å². The number of hydrogen-bond acceptors (Lipinski definition) is 5. The van der Waals surface area contributed by atoms with Crippen LogP contribution in [0.5, 0.6) is 11.5 Å². The third-order valence-electron chi connectivity index (χ3n) is 5.25. The van der Waals surface area contributed by atoms with Crippen LogP contribution in [0.2, 0.25) is 0 Å². The molecule has 0 spiro atoms. The summed E-state index contributed by atoms with van der Waals surface area (Å²) >= 11 is 0. The summed E-state index contributed by atoms with van der Waals surface area (Å²) in [4.78, 5) is -0.634. The van der Waals surface area contributed by atoms with Crippen LogP contribution < -0.4 is 4.74 Å². The molecule has 1 heterocycles. The van der Waals surface area contributed by atoms with Crippen molar-refractivity contribution in [2.75, 3.05) is 0 Å². The average Bonchev–Trinajstić information content (AvgIpc) is 2.87. The van der Waals surface area contributed by atoms with Crippen molar-refractivity contribution in [1.82, 2.24) is 0 Å². The number of hydrogen-bond donors (Lipinski definition) is 1. The molecule has 2 aromatic carbocycles. The van der Waals surface area contributed by atoms with Gasteiger partial charge in [-0.25, -0.2) is 12.8 Å². The molecular formula is C19H14F3NO4S. The maximum atomic E-state index is 14.7. The van der Waals surface area contributed by atoms with Gasteiger partial charge in [0.1, 0.15) is 17.3 Å². The van der Waals surface area contributed by atoms with E-state index in [0.29, 0.717) is 0 Å². The summed E-state index contributed by atoms with van der Waals surface area (Å²) in [6.45, 7) is 3.17. The summed E-state index contributed by atoms with van der Waals surface area (Å²) in [5.41, 5.74) is -4.18. The normalized spacial score (nSPS) is 25.2. The van der Waals surface area contributed by atoms with E-state index in [4.69, 9.17) is 10.00 Å². The zero-order valence-electron chi connectivity index (χ0n) is 14.8. The molecule has 1 N–H and O–H groups in total. The number of ether oxygens (including phenoxy) is 1. The van der Waals surface area contributed by atoms with Crippen LogP contribution in [-0.4, -0.2) is 18.8 Å². The monoisotopic (exact) mass is 409 g/mol. The molecule has 0 fully saturated rings. The summed E-state index contributed by atoms with van der Waals surface area (Å²) in [5, 5.41) is 15.3. The zero-order chi connectivity index (χ0) is 20.7. The van der Waals surface area contributed by atoms with Crippen LogP contribution in [0.25, 0.3) is 0 Å². The fraction of sp³-hybridized carbons (Fsp3) is 0.316. The zero-order valence-corrected chi connectivity index (χ0v) is 15.6. The number of nitriles is 1. The van der Waals surface area contributed by atoms with Crippen LogP contribution in [-0.2, 0) is 20.9 Å². The van der Waals surface area contributed by atoms with Crippen molar-refractivity contribution in [3.63, 3.8) is 0 Å². The number of alkyl halides is 2. The Labute approximate surface area is 158 Å². The molecule has 5 nitrogen and oxygen atoms in total. The molecular weight excluding hydrogens is 395 g/mol. The molecule has 4 rings (SSSR count). The number of halogens is 3. The molecule has 2 aromatic rings. The topological polar surface area (TPSA) is 87.4 Å². The summed E-state index contributed by atoms with van der Waals surface area (Å²) < 4.78 is 73.3. The Bertz CT molecular complexity index is 1180. The minimum atomic E-state index is -5.06. The number of nitrogens with zero attached hydrogens (tertiary/aromatic N) is 1. The first-order valence-electron chi connectivity index (χ1n) is 8.26. The van der Waals surface area contributed by atoms with Gasteiger partial charge < -0.3 is 9.84 Å². The van der Waals surface area contributed by atoms with Crippen LogP contribution in [0.4, 0.5) is 13.2 Å². The molecule has 0 bridgehead atoms. The molecule has 2 aliphatic rings.